The molecular weight excluding hydrogens is 430 g/mol. The zero-order valence-corrected chi connectivity index (χ0v) is 19.3. The molecule has 0 unspecified atom stereocenters. The molecule has 0 spiro atoms. The molecule has 1 fully saturated rings. The third-order valence-electron chi connectivity index (χ3n) is 5.83. The number of amides is 1. The monoisotopic (exact) mass is 457 g/mol. The molecule has 170 valence electrons. The Balaban J connectivity index is 1.63. The van der Waals surface area contributed by atoms with Gasteiger partial charge < -0.3 is 19.3 Å². The standard InChI is InChI=1S/C23H27N3O5S/c1-25(15-17-8-7-9-19(30-2)22(17)31-3)23(27)16-11-12-18-20(14-16)32(28,29)24-21-10-5-4-6-13-26(18)21/h7-9,11-12,14H,4-6,10,13,15H2,1-3H3. The third kappa shape index (κ3) is 4.04. The Bertz CT molecular complexity index is 1180. The molecule has 2 aromatic carbocycles. The van der Waals surface area contributed by atoms with Crippen LogP contribution in [0.5, 0.6) is 11.5 Å². The van der Waals surface area contributed by atoms with Gasteiger partial charge in [0, 0.05) is 37.7 Å². The smallest absolute Gasteiger partial charge is 0.286 e. The summed E-state index contributed by atoms with van der Waals surface area (Å²) in [5.74, 6) is 1.44. The molecular formula is C23H27N3O5S. The van der Waals surface area contributed by atoms with Crippen LogP contribution in [0.15, 0.2) is 45.7 Å². The summed E-state index contributed by atoms with van der Waals surface area (Å²) in [4.78, 5) is 16.7. The number of sulfonamides is 1. The number of rotatable bonds is 5. The normalized spacial score (nSPS) is 16.8. The molecule has 0 radical (unpaired) electrons. The highest BCUT2D eigenvalue weighted by Gasteiger charge is 2.32. The van der Waals surface area contributed by atoms with Gasteiger partial charge in [0.15, 0.2) is 11.5 Å². The van der Waals surface area contributed by atoms with Crippen LogP contribution in [-0.2, 0) is 16.6 Å². The van der Waals surface area contributed by atoms with Gasteiger partial charge in [-0.2, -0.15) is 8.42 Å². The van der Waals surface area contributed by atoms with Crippen LogP contribution in [-0.4, -0.2) is 52.9 Å². The van der Waals surface area contributed by atoms with E-state index in [0.717, 1.165) is 31.4 Å². The van der Waals surface area contributed by atoms with Crippen molar-refractivity contribution in [1.82, 2.24) is 4.90 Å². The van der Waals surface area contributed by atoms with Crippen LogP contribution in [0.25, 0.3) is 0 Å². The van der Waals surface area contributed by atoms with Crippen LogP contribution in [0, 0.1) is 0 Å². The number of amidine groups is 1. The maximum absolute atomic E-state index is 13.1. The lowest BCUT2D eigenvalue weighted by Crippen LogP contribution is -2.35. The lowest BCUT2D eigenvalue weighted by molar-refractivity contribution is 0.0783. The largest absolute Gasteiger partial charge is 0.493 e. The number of benzene rings is 2. The molecule has 0 aliphatic carbocycles. The van der Waals surface area contributed by atoms with E-state index in [0.29, 0.717) is 35.0 Å². The number of anilines is 1. The van der Waals surface area contributed by atoms with Crippen LogP contribution in [0.4, 0.5) is 5.69 Å². The Morgan fingerprint density at radius 1 is 1.12 bits per heavy atom. The molecule has 0 atom stereocenters. The summed E-state index contributed by atoms with van der Waals surface area (Å²) in [6.45, 7) is 1.00. The highest BCUT2D eigenvalue weighted by Crippen LogP contribution is 2.36. The average molecular weight is 458 g/mol. The van der Waals surface area contributed by atoms with Crippen molar-refractivity contribution in [2.24, 2.45) is 4.40 Å². The zero-order chi connectivity index (χ0) is 22.9. The molecule has 0 bridgehead atoms. The van der Waals surface area contributed by atoms with E-state index in [9.17, 15) is 13.2 Å². The lowest BCUT2D eigenvalue weighted by Gasteiger charge is -2.30. The Labute approximate surface area is 188 Å². The zero-order valence-electron chi connectivity index (χ0n) is 18.5. The molecule has 2 aliphatic rings. The second-order valence-corrected chi connectivity index (χ2v) is 9.51. The van der Waals surface area contributed by atoms with Gasteiger partial charge in [0.25, 0.3) is 15.9 Å². The minimum atomic E-state index is -3.85. The van der Waals surface area contributed by atoms with Crippen molar-refractivity contribution in [3.8, 4) is 11.5 Å². The maximum Gasteiger partial charge on any atom is 0.286 e. The van der Waals surface area contributed by atoms with Crippen molar-refractivity contribution < 1.29 is 22.7 Å². The minimum absolute atomic E-state index is 0.0846. The maximum atomic E-state index is 13.1. The summed E-state index contributed by atoms with van der Waals surface area (Å²) in [5.41, 5.74) is 1.68. The molecule has 2 heterocycles. The predicted octanol–water partition coefficient (Wildman–Crippen LogP) is 3.46. The van der Waals surface area contributed by atoms with E-state index >= 15 is 0 Å². The number of para-hydroxylation sites is 1. The summed E-state index contributed by atoms with van der Waals surface area (Å²) in [7, 11) is 0.926. The van der Waals surface area contributed by atoms with Gasteiger partial charge in [0.05, 0.1) is 19.9 Å². The number of ether oxygens (including phenoxy) is 2. The summed E-state index contributed by atoms with van der Waals surface area (Å²) in [6.07, 6.45) is 3.59. The Morgan fingerprint density at radius 3 is 2.69 bits per heavy atom. The number of carbonyl (C=O) groups excluding carboxylic acids is 1. The van der Waals surface area contributed by atoms with Crippen LogP contribution in [0.1, 0.15) is 41.6 Å². The van der Waals surface area contributed by atoms with Crippen LogP contribution in [0.2, 0.25) is 0 Å². The molecule has 9 heteroatoms. The van der Waals surface area contributed by atoms with E-state index in [1.165, 1.54) is 11.0 Å². The molecule has 1 saturated heterocycles. The molecule has 1 amide bonds. The van der Waals surface area contributed by atoms with Gasteiger partial charge in [-0.3, -0.25) is 4.79 Å². The first-order valence-electron chi connectivity index (χ1n) is 10.6. The third-order valence-corrected chi connectivity index (χ3v) is 7.17. The quantitative estimate of drug-likeness (QED) is 0.683. The predicted molar refractivity (Wildman–Crippen MR) is 122 cm³/mol. The first-order chi connectivity index (χ1) is 15.4. The van der Waals surface area contributed by atoms with Crippen molar-refractivity contribution in [2.45, 2.75) is 37.1 Å². The fourth-order valence-electron chi connectivity index (χ4n) is 4.24. The number of carbonyl (C=O) groups is 1. The molecule has 0 N–H and O–H groups in total. The van der Waals surface area contributed by atoms with Crippen LogP contribution in [0.3, 0.4) is 0 Å². The Morgan fingerprint density at radius 2 is 1.94 bits per heavy atom. The number of nitrogens with zero attached hydrogens (tertiary/aromatic N) is 3. The topological polar surface area (TPSA) is 88.5 Å². The van der Waals surface area contributed by atoms with Crippen molar-refractivity contribution in [2.75, 3.05) is 32.7 Å². The van der Waals surface area contributed by atoms with Gasteiger partial charge >= 0.3 is 0 Å². The SMILES string of the molecule is COc1cccc(CN(C)C(=O)c2ccc3c(c2)S(=O)(=O)N=C2CCCCCN23)c1OC. The number of methoxy groups -OCH3 is 2. The fourth-order valence-corrected chi connectivity index (χ4v) is 5.52. The number of hydrogen-bond donors (Lipinski definition) is 0. The molecule has 32 heavy (non-hydrogen) atoms. The minimum Gasteiger partial charge on any atom is -0.493 e. The fraction of sp³-hybridized carbons (Fsp3) is 0.391. The van der Waals surface area contributed by atoms with E-state index in [1.54, 1.807) is 39.5 Å². The highest BCUT2D eigenvalue weighted by atomic mass is 32.2. The van der Waals surface area contributed by atoms with Crippen LogP contribution >= 0.6 is 0 Å². The molecule has 0 aromatic heterocycles. The summed E-state index contributed by atoms with van der Waals surface area (Å²) in [5, 5.41) is 0. The van der Waals surface area contributed by atoms with Gasteiger partial charge in [-0.05, 0) is 37.1 Å². The molecule has 4 rings (SSSR count). The first-order valence-corrected chi connectivity index (χ1v) is 12.0. The van der Waals surface area contributed by atoms with Crippen molar-refractivity contribution in [3.63, 3.8) is 0 Å². The van der Waals surface area contributed by atoms with E-state index in [4.69, 9.17) is 9.47 Å². The van der Waals surface area contributed by atoms with Gasteiger partial charge in [0.2, 0.25) is 0 Å². The first kappa shape index (κ1) is 22.1. The average Bonchev–Trinajstić information content (AvgIpc) is 3.03. The summed E-state index contributed by atoms with van der Waals surface area (Å²) in [6, 6.07) is 10.3. The van der Waals surface area contributed by atoms with Gasteiger partial charge in [-0.25, -0.2) is 0 Å². The van der Waals surface area contributed by atoms with Gasteiger partial charge in [0.1, 0.15) is 10.7 Å². The second kappa shape index (κ2) is 8.82. The summed E-state index contributed by atoms with van der Waals surface area (Å²) < 4.78 is 40.6. The molecule has 2 aromatic rings. The molecule has 0 saturated carbocycles. The van der Waals surface area contributed by atoms with Crippen molar-refractivity contribution in [3.05, 3.63) is 47.5 Å². The number of hydrogen-bond acceptors (Lipinski definition) is 6. The molecule has 2 aliphatic heterocycles. The van der Waals surface area contributed by atoms with Gasteiger partial charge in [-0.15, -0.1) is 4.40 Å². The number of fused-ring (bicyclic) bond motifs is 3. The second-order valence-electron chi connectivity index (χ2n) is 7.94. The van der Waals surface area contributed by atoms with E-state index < -0.39 is 10.0 Å². The Kier molecular flexibility index (Phi) is 6.10. The summed E-state index contributed by atoms with van der Waals surface area (Å²) >= 11 is 0. The van der Waals surface area contributed by atoms with E-state index in [1.807, 2.05) is 17.0 Å². The van der Waals surface area contributed by atoms with Crippen molar-refractivity contribution >= 4 is 27.5 Å². The lowest BCUT2D eigenvalue weighted by atomic mass is 10.1. The highest BCUT2D eigenvalue weighted by molar-refractivity contribution is 7.90. The van der Waals surface area contributed by atoms with Crippen LogP contribution < -0.4 is 14.4 Å². The van der Waals surface area contributed by atoms with Gasteiger partial charge in [-0.1, -0.05) is 18.6 Å². The van der Waals surface area contributed by atoms with Crippen molar-refractivity contribution in [1.29, 1.82) is 0 Å². The van der Waals surface area contributed by atoms with E-state index in [-0.39, 0.29) is 17.3 Å². The van der Waals surface area contributed by atoms with E-state index in [2.05, 4.69) is 4.40 Å². The molecule has 8 nitrogen and oxygen atoms in total. The Hall–Kier alpha value is -3.07.